The van der Waals surface area contributed by atoms with Gasteiger partial charge in [-0.1, -0.05) is 59.3 Å². The molecule has 9 heteroatoms. The number of thiocarbonyl (C=S) groups is 1. The molecule has 1 aliphatic heterocycles. The normalized spacial score (nSPS) is 15.0. The Labute approximate surface area is 194 Å². The van der Waals surface area contributed by atoms with Crippen molar-refractivity contribution in [2.75, 3.05) is 19.0 Å². The summed E-state index contributed by atoms with van der Waals surface area (Å²) in [6.07, 6.45) is 2.51. The fraction of sp³-hybridized carbons (Fsp3) is 0.190. The van der Waals surface area contributed by atoms with E-state index in [9.17, 15) is 9.59 Å². The molecule has 2 aromatic rings. The van der Waals surface area contributed by atoms with E-state index >= 15 is 0 Å². The molecule has 0 bridgehead atoms. The Morgan fingerprint density at radius 3 is 2.77 bits per heavy atom. The van der Waals surface area contributed by atoms with Crippen molar-refractivity contribution in [3.8, 4) is 5.75 Å². The number of rotatable bonds is 7. The van der Waals surface area contributed by atoms with Crippen molar-refractivity contribution >= 4 is 75.1 Å². The summed E-state index contributed by atoms with van der Waals surface area (Å²) in [5.74, 6) is 0.385. The van der Waals surface area contributed by atoms with Crippen molar-refractivity contribution in [2.24, 2.45) is 0 Å². The fourth-order valence-electron chi connectivity index (χ4n) is 2.77. The Bertz CT molecular complexity index is 1030. The van der Waals surface area contributed by atoms with Crippen molar-refractivity contribution in [3.05, 3.63) is 63.0 Å². The van der Waals surface area contributed by atoms with E-state index in [1.54, 1.807) is 31.4 Å². The molecule has 0 saturated carbocycles. The van der Waals surface area contributed by atoms with E-state index in [1.807, 2.05) is 24.3 Å². The maximum atomic E-state index is 12.7. The molecule has 0 spiro atoms. The highest BCUT2D eigenvalue weighted by Gasteiger charge is 2.31. The Hall–Kier alpha value is -2.06. The number of carbonyl (C=O) groups excluding carboxylic acids is 2. The van der Waals surface area contributed by atoms with Crippen molar-refractivity contribution in [1.29, 1.82) is 0 Å². The van der Waals surface area contributed by atoms with Crippen LogP contribution in [0.1, 0.15) is 18.4 Å². The standard InChI is InChI=1S/C21H18Cl2N2O3S2/c1-28-15-5-2-4-13(10-15)11-18-20(27)25(21(29)30-18)9-3-6-19(26)24-14-7-8-16(22)17(23)12-14/h2,4-5,7-8,10-12H,3,6,9H2,1H3,(H,24,26)/b18-11-. The van der Waals surface area contributed by atoms with Crippen molar-refractivity contribution in [3.63, 3.8) is 0 Å². The van der Waals surface area contributed by atoms with Gasteiger partial charge in [0.05, 0.1) is 22.1 Å². The number of carbonyl (C=O) groups is 2. The Morgan fingerprint density at radius 1 is 1.23 bits per heavy atom. The zero-order valence-electron chi connectivity index (χ0n) is 16.0. The molecule has 30 heavy (non-hydrogen) atoms. The Morgan fingerprint density at radius 2 is 2.03 bits per heavy atom. The Balaban J connectivity index is 1.54. The SMILES string of the molecule is COc1cccc(/C=C2\SC(=S)N(CCCC(=O)Nc3ccc(Cl)c(Cl)c3)C2=O)c1. The van der Waals surface area contributed by atoms with Gasteiger partial charge in [0.1, 0.15) is 10.1 Å². The zero-order valence-corrected chi connectivity index (χ0v) is 19.1. The van der Waals surface area contributed by atoms with Crippen LogP contribution in [-0.2, 0) is 9.59 Å². The summed E-state index contributed by atoms with van der Waals surface area (Å²) in [5, 5.41) is 3.56. The summed E-state index contributed by atoms with van der Waals surface area (Å²) in [5.41, 5.74) is 1.43. The Kier molecular flexibility index (Phi) is 7.77. The molecule has 2 aromatic carbocycles. The first-order valence-corrected chi connectivity index (χ1v) is 11.0. The van der Waals surface area contributed by atoms with Crippen LogP contribution in [-0.4, -0.2) is 34.7 Å². The van der Waals surface area contributed by atoms with Crippen molar-refractivity contribution in [2.45, 2.75) is 12.8 Å². The van der Waals surface area contributed by atoms with Crippen LogP contribution in [0, 0.1) is 0 Å². The third-order valence-electron chi connectivity index (χ3n) is 4.25. The van der Waals surface area contributed by atoms with E-state index in [4.69, 9.17) is 40.2 Å². The quantitative estimate of drug-likeness (QED) is 0.411. The smallest absolute Gasteiger partial charge is 0.266 e. The number of thioether (sulfide) groups is 1. The number of benzene rings is 2. The van der Waals surface area contributed by atoms with Crippen LogP contribution in [0.25, 0.3) is 6.08 Å². The second-order valence-corrected chi connectivity index (χ2v) is 8.88. The van der Waals surface area contributed by atoms with Crippen LogP contribution in [0.15, 0.2) is 47.4 Å². The second-order valence-electron chi connectivity index (χ2n) is 6.39. The largest absolute Gasteiger partial charge is 0.497 e. The first-order chi connectivity index (χ1) is 14.4. The molecule has 1 fully saturated rings. The number of methoxy groups -OCH3 is 1. The van der Waals surface area contributed by atoms with Gasteiger partial charge >= 0.3 is 0 Å². The van der Waals surface area contributed by atoms with Gasteiger partial charge in [-0.3, -0.25) is 14.5 Å². The number of nitrogens with one attached hydrogen (secondary N) is 1. The monoisotopic (exact) mass is 480 g/mol. The van der Waals surface area contributed by atoms with Crippen molar-refractivity contribution < 1.29 is 14.3 Å². The van der Waals surface area contributed by atoms with Gasteiger partial charge in [0.25, 0.3) is 5.91 Å². The highest BCUT2D eigenvalue weighted by Crippen LogP contribution is 2.33. The van der Waals surface area contributed by atoms with Gasteiger partial charge in [0, 0.05) is 18.7 Å². The van der Waals surface area contributed by atoms with E-state index in [2.05, 4.69) is 5.32 Å². The number of nitrogens with zero attached hydrogens (tertiary/aromatic N) is 1. The zero-order chi connectivity index (χ0) is 21.7. The maximum Gasteiger partial charge on any atom is 0.266 e. The molecule has 0 aromatic heterocycles. The van der Waals surface area contributed by atoms with Gasteiger partial charge in [-0.05, 0) is 48.4 Å². The lowest BCUT2D eigenvalue weighted by Gasteiger charge is -2.14. The lowest BCUT2D eigenvalue weighted by atomic mass is 10.2. The summed E-state index contributed by atoms with van der Waals surface area (Å²) in [6, 6.07) is 12.3. The van der Waals surface area contributed by atoms with Gasteiger partial charge in [-0.2, -0.15) is 0 Å². The molecule has 0 unspecified atom stereocenters. The highest BCUT2D eigenvalue weighted by molar-refractivity contribution is 8.26. The summed E-state index contributed by atoms with van der Waals surface area (Å²) < 4.78 is 5.70. The van der Waals surface area contributed by atoms with E-state index in [0.717, 1.165) is 5.56 Å². The number of anilines is 1. The average Bonchev–Trinajstić information content (AvgIpc) is 2.98. The molecule has 2 amide bonds. The van der Waals surface area contributed by atoms with Crippen LogP contribution < -0.4 is 10.1 Å². The minimum absolute atomic E-state index is 0.155. The number of halogens is 2. The van der Waals surface area contributed by atoms with Gasteiger partial charge in [0.15, 0.2) is 0 Å². The lowest BCUT2D eigenvalue weighted by Crippen LogP contribution is -2.29. The molecule has 0 atom stereocenters. The van der Waals surface area contributed by atoms with Gasteiger partial charge in [-0.15, -0.1) is 0 Å². The van der Waals surface area contributed by atoms with E-state index in [0.29, 0.717) is 43.7 Å². The van der Waals surface area contributed by atoms with Gasteiger partial charge < -0.3 is 10.1 Å². The van der Waals surface area contributed by atoms with E-state index in [1.165, 1.54) is 16.7 Å². The first-order valence-electron chi connectivity index (χ1n) is 9.01. The predicted molar refractivity (Wildman–Crippen MR) is 127 cm³/mol. The third kappa shape index (κ3) is 5.76. The highest BCUT2D eigenvalue weighted by atomic mass is 35.5. The molecule has 0 radical (unpaired) electrons. The van der Waals surface area contributed by atoms with Crippen molar-refractivity contribution in [1.82, 2.24) is 4.90 Å². The summed E-state index contributed by atoms with van der Waals surface area (Å²) in [4.78, 5) is 26.9. The topological polar surface area (TPSA) is 58.6 Å². The van der Waals surface area contributed by atoms with Gasteiger partial charge in [0.2, 0.25) is 5.91 Å². The van der Waals surface area contributed by atoms with E-state index in [-0.39, 0.29) is 18.2 Å². The summed E-state index contributed by atoms with van der Waals surface area (Å²) >= 11 is 18.4. The first kappa shape index (κ1) is 22.6. The number of amides is 2. The molecule has 3 rings (SSSR count). The van der Waals surface area contributed by atoms with Crippen LogP contribution in [0.2, 0.25) is 10.0 Å². The minimum atomic E-state index is -0.175. The molecule has 1 aliphatic rings. The summed E-state index contributed by atoms with van der Waals surface area (Å²) in [6.45, 7) is 0.370. The molecule has 156 valence electrons. The average molecular weight is 481 g/mol. The predicted octanol–water partition coefficient (Wildman–Crippen LogP) is 5.62. The fourth-order valence-corrected chi connectivity index (χ4v) is 4.38. The molecular weight excluding hydrogens is 463 g/mol. The molecule has 1 saturated heterocycles. The minimum Gasteiger partial charge on any atom is -0.497 e. The van der Waals surface area contributed by atoms with Gasteiger partial charge in [-0.25, -0.2) is 0 Å². The second kappa shape index (κ2) is 10.3. The van der Waals surface area contributed by atoms with Crippen LogP contribution in [0.3, 0.4) is 0 Å². The molecule has 1 N–H and O–H groups in total. The lowest BCUT2D eigenvalue weighted by molar-refractivity contribution is -0.122. The maximum absolute atomic E-state index is 12.7. The number of hydrogen-bond acceptors (Lipinski definition) is 5. The molecule has 0 aliphatic carbocycles. The van der Waals surface area contributed by atoms with Crippen LogP contribution >= 0.6 is 47.2 Å². The van der Waals surface area contributed by atoms with Crippen LogP contribution in [0.5, 0.6) is 5.75 Å². The number of hydrogen-bond donors (Lipinski definition) is 1. The third-order valence-corrected chi connectivity index (χ3v) is 6.37. The molecule has 1 heterocycles. The molecule has 5 nitrogen and oxygen atoms in total. The number of ether oxygens (including phenoxy) is 1. The summed E-state index contributed by atoms with van der Waals surface area (Å²) in [7, 11) is 1.59. The van der Waals surface area contributed by atoms with E-state index < -0.39 is 0 Å². The molecular formula is C21H18Cl2N2O3S2. The van der Waals surface area contributed by atoms with Crippen LogP contribution in [0.4, 0.5) is 5.69 Å².